The maximum Gasteiger partial charge on any atom is 0.288 e. The van der Waals surface area contributed by atoms with Gasteiger partial charge in [0.25, 0.3) is 5.91 Å². The predicted molar refractivity (Wildman–Crippen MR) is 87.7 cm³/mol. The van der Waals surface area contributed by atoms with Crippen molar-refractivity contribution >= 4 is 16.9 Å². The Morgan fingerprint density at radius 1 is 1.08 bits per heavy atom. The van der Waals surface area contributed by atoms with Crippen molar-refractivity contribution in [3.63, 3.8) is 0 Å². The van der Waals surface area contributed by atoms with Crippen LogP contribution >= 0.6 is 0 Å². The van der Waals surface area contributed by atoms with E-state index in [1.165, 1.54) is 6.07 Å². The third-order valence-electron chi connectivity index (χ3n) is 4.53. The van der Waals surface area contributed by atoms with Gasteiger partial charge in [-0.05, 0) is 43.2 Å². The summed E-state index contributed by atoms with van der Waals surface area (Å²) in [5.74, 6) is -1.02. The van der Waals surface area contributed by atoms with Gasteiger partial charge in [-0.1, -0.05) is 18.2 Å². The molecule has 2 heterocycles. The lowest BCUT2D eigenvalue weighted by Crippen LogP contribution is -2.22. The molecule has 5 heteroatoms. The summed E-state index contributed by atoms with van der Waals surface area (Å²) in [6.45, 7) is 3.81. The van der Waals surface area contributed by atoms with Crippen molar-refractivity contribution in [2.24, 2.45) is 0 Å². The van der Waals surface area contributed by atoms with Gasteiger partial charge in [-0.3, -0.25) is 9.59 Å². The van der Waals surface area contributed by atoms with Crippen molar-refractivity contribution in [1.29, 1.82) is 0 Å². The number of amides is 1. The van der Waals surface area contributed by atoms with E-state index in [-0.39, 0.29) is 22.3 Å². The average Bonchev–Trinajstić information content (AvgIpc) is 2.87. The molecule has 0 aliphatic carbocycles. The van der Waals surface area contributed by atoms with Gasteiger partial charge in [-0.25, -0.2) is 4.39 Å². The van der Waals surface area contributed by atoms with E-state index in [9.17, 15) is 14.0 Å². The van der Waals surface area contributed by atoms with Crippen LogP contribution < -0.4 is 10.7 Å². The van der Waals surface area contributed by atoms with Crippen LogP contribution in [0.2, 0.25) is 0 Å². The van der Waals surface area contributed by atoms with Crippen LogP contribution in [0, 0.1) is 19.7 Å². The first-order valence-corrected chi connectivity index (χ1v) is 7.60. The second kappa shape index (κ2) is 5.03. The number of aryl methyl sites for hydroxylation is 2. The molecule has 1 aliphatic rings. The van der Waals surface area contributed by atoms with Gasteiger partial charge >= 0.3 is 0 Å². The molecule has 1 atom stereocenters. The summed E-state index contributed by atoms with van der Waals surface area (Å²) in [6.07, 6.45) is 0. The van der Waals surface area contributed by atoms with Crippen LogP contribution in [-0.4, -0.2) is 5.91 Å². The Hall–Kier alpha value is -2.95. The van der Waals surface area contributed by atoms with E-state index < -0.39 is 17.8 Å². The molecular weight excluding hydrogens is 309 g/mol. The molecule has 2 aromatic carbocycles. The molecule has 0 saturated heterocycles. The van der Waals surface area contributed by atoms with E-state index in [0.717, 1.165) is 11.1 Å². The first kappa shape index (κ1) is 14.6. The largest absolute Gasteiger partial charge is 0.450 e. The molecule has 24 heavy (non-hydrogen) atoms. The molecule has 1 amide bonds. The number of hydrogen-bond acceptors (Lipinski definition) is 3. The SMILES string of the molecule is Cc1cc2oc3c(c(=O)c2cc1C)C(c1ccccc1F)NC3=O. The number of halogens is 1. The number of rotatable bonds is 1. The third-order valence-corrected chi connectivity index (χ3v) is 4.53. The zero-order valence-corrected chi connectivity index (χ0v) is 13.1. The average molecular weight is 323 g/mol. The summed E-state index contributed by atoms with van der Waals surface area (Å²) < 4.78 is 19.8. The highest BCUT2D eigenvalue weighted by Gasteiger charge is 2.37. The lowest BCUT2D eigenvalue weighted by molar-refractivity contribution is 0.0937. The fourth-order valence-corrected chi connectivity index (χ4v) is 3.11. The first-order valence-electron chi connectivity index (χ1n) is 7.60. The molecule has 1 aliphatic heterocycles. The minimum absolute atomic E-state index is 0.0380. The van der Waals surface area contributed by atoms with Gasteiger partial charge in [-0.2, -0.15) is 0 Å². The number of hydrogen-bond donors (Lipinski definition) is 1. The molecule has 0 radical (unpaired) electrons. The zero-order valence-electron chi connectivity index (χ0n) is 13.1. The Morgan fingerprint density at radius 3 is 2.54 bits per heavy atom. The topological polar surface area (TPSA) is 59.3 Å². The second-order valence-corrected chi connectivity index (χ2v) is 6.03. The van der Waals surface area contributed by atoms with Crippen LogP contribution in [0.25, 0.3) is 11.0 Å². The lowest BCUT2D eigenvalue weighted by Gasteiger charge is -2.12. The number of carbonyl (C=O) groups is 1. The van der Waals surface area contributed by atoms with Gasteiger partial charge in [0.05, 0.1) is 17.0 Å². The fourth-order valence-electron chi connectivity index (χ4n) is 3.11. The van der Waals surface area contributed by atoms with Gasteiger partial charge in [0.15, 0.2) is 5.43 Å². The molecule has 3 aromatic rings. The van der Waals surface area contributed by atoms with E-state index in [4.69, 9.17) is 4.42 Å². The quantitative estimate of drug-likeness (QED) is 0.747. The first-order chi connectivity index (χ1) is 11.5. The smallest absolute Gasteiger partial charge is 0.288 e. The van der Waals surface area contributed by atoms with E-state index >= 15 is 0 Å². The van der Waals surface area contributed by atoms with Crippen molar-refractivity contribution < 1.29 is 13.6 Å². The fraction of sp³-hybridized carbons (Fsp3) is 0.158. The van der Waals surface area contributed by atoms with Crippen LogP contribution in [0.4, 0.5) is 4.39 Å². The van der Waals surface area contributed by atoms with Gasteiger partial charge in [0.1, 0.15) is 11.4 Å². The standard InChI is InChI=1S/C19H14FNO3/c1-9-7-12-14(8-10(9)2)24-18-15(17(12)22)16(21-19(18)23)11-5-3-4-6-13(11)20/h3-8,16H,1-2H3,(H,21,23). The zero-order chi connectivity index (χ0) is 17.0. The van der Waals surface area contributed by atoms with E-state index in [0.29, 0.717) is 11.0 Å². The highest BCUT2D eigenvalue weighted by molar-refractivity contribution is 5.99. The molecule has 1 unspecified atom stereocenters. The highest BCUT2D eigenvalue weighted by atomic mass is 19.1. The van der Waals surface area contributed by atoms with Crippen LogP contribution in [-0.2, 0) is 0 Å². The van der Waals surface area contributed by atoms with Crippen molar-refractivity contribution in [1.82, 2.24) is 5.32 Å². The minimum Gasteiger partial charge on any atom is -0.450 e. The maximum atomic E-state index is 14.1. The van der Waals surface area contributed by atoms with Crippen molar-refractivity contribution in [3.8, 4) is 0 Å². The molecule has 1 N–H and O–H groups in total. The molecule has 0 fully saturated rings. The Balaban J connectivity index is 2.04. The summed E-state index contributed by atoms with van der Waals surface area (Å²) in [7, 11) is 0. The number of carbonyl (C=O) groups excluding carboxylic acids is 1. The van der Waals surface area contributed by atoms with Crippen LogP contribution in [0.3, 0.4) is 0 Å². The Labute approximate surface area is 136 Å². The predicted octanol–water partition coefficient (Wildman–Crippen LogP) is 3.38. The second-order valence-electron chi connectivity index (χ2n) is 6.03. The summed E-state index contributed by atoms with van der Waals surface area (Å²) in [6, 6.07) is 8.74. The van der Waals surface area contributed by atoms with E-state index in [1.807, 2.05) is 13.8 Å². The van der Waals surface area contributed by atoms with Crippen LogP contribution in [0.1, 0.15) is 38.9 Å². The molecule has 4 rings (SSSR count). The Kier molecular flexibility index (Phi) is 3.06. The van der Waals surface area contributed by atoms with Gasteiger partial charge < -0.3 is 9.73 Å². The number of benzene rings is 2. The minimum atomic E-state index is -0.837. The maximum absolute atomic E-state index is 14.1. The molecule has 0 bridgehead atoms. The summed E-state index contributed by atoms with van der Waals surface area (Å²) in [4.78, 5) is 25.2. The monoisotopic (exact) mass is 323 g/mol. The van der Waals surface area contributed by atoms with Gasteiger partial charge in [0.2, 0.25) is 5.76 Å². The molecule has 0 saturated carbocycles. The Morgan fingerprint density at radius 2 is 1.79 bits per heavy atom. The van der Waals surface area contributed by atoms with Crippen molar-refractivity contribution in [2.75, 3.05) is 0 Å². The normalized spacial score (nSPS) is 16.3. The molecule has 0 spiro atoms. The number of nitrogens with one attached hydrogen (secondary N) is 1. The van der Waals surface area contributed by atoms with Crippen molar-refractivity contribution in [3.05, 3.63) is 80.5 Å². The van der Waals surface area contributed by atoms with Gasteiger partial charge in [0, 0.05) is 5.56 Å². The highest BCUT2D eigenvalue weighted by Crippen LogP contribution is 2.32. The summed E-state index contributed by atoms with van der Waals surface area (Å²) in [5, 5.41) is 3.05. The molecular formula is C19H14FNO3. The van der Waals surface area contributed by atoms with Crippen molar-refractivity contribution in [2.45, 2.75) is 19.9 Å². The van der Waals surface area contributed by atoms with E-state index in [2.05, 4.69) is 5.32 Å². The third kappa shape index (κ3) is 1.98. The van der Waals surface area contributed by atoms with Crippen LogP contribution in [0.5, 0.6) is 0 Å². The van der Waals surface area contributed by atoms with Crippen LogP contribution in [0.15, 0.2) is 45.6 Å². The molecule has 120 valence electrons. The lowest BCUT2D eigenvalue weighted by atomic mass is 9.98. The molecule has 1 aromatic heterocycles. The Bertz CT molecular complexity index is 1070. The number of fused-ring (bicyclic) bond motifs is 2. The molecule has 4 nitrogen and oxygen atoms in total. The summed E-state index contributed by atoms with van der Waals surface area (Å²) in [5.41, 5.74) is 2.40. The van der Waals surface area contributed by atoms with Gasteiger partial charge in [-0.15, -0.1) is 0 Å². The van der Waals surface area contributed by atoms with E-state index in [1.54, 1.807) is 30.3 Å². The summed E-state index contributed by atoms with van der Waals surface area (Å²) >= 11 is 0.